The fourth-order valence-electron chi connectivity index (χ4n) is 0.902. The molecule has 1 rings (SSSR count). The minimum Gasteiger partial charge on any atom is -0.491 e. The number of halogens is 1. The Hall–Kier alpha value is -1.05. The van der Waals surface area contributed by atoms with Gasteiger partial charge in [-0.25, -0.2) is 0 Å². The largest absolute Gasteiger partial charge is 0.491 e. The number of rotatable bonds is 3. The van der Waals surface area contributed by atoms with E-state index in [0.29, 0.717) is 24.5 Å². The van der Waals surface area contributed by atoms with Crippen LogP contribution in [0.1, 0.15) is 5.56 Å². The van der Waals surface area contributed by atoms with Gasteiger partial charge in [-0.05, 0) is 28.1 Å². The van der Waals surface area contributed by atoms with Gasteiger partial charge in [0.15, 0.2) is 0 Å². The van der Waals surface area contributed by atoms with Crippen LogP contribution in [0.2, 0.25) is 0 Å². The third-order valence-corrected chi connectivity index (χ3v) is 2.12. The maximum Gasteiger partial charge on any atom is 0.138 e. The van der Waals surface area contributed by atoms with E-state index in [1.807, 2.05) is 6.07 Å². The molecule has 68 valence electrons. The van der Waals surface area contributed by atoms with Crippen molar-refractivity contribution in [2.75, 3.05) is 13.2 Å². The van der Waals surface area contributed by atoms with E-state index < -0.39 is 0 Å². The van der Waals surface area contributed by atoms with Crippen molar-refractivity contribution in [3.63, 3.8) is 0 Å². The molecule has 0 amide bonds. The lowest BCUT2D eigenvalue weighted by atomic mass is 10.2. The van der Waals surface area contributed by atoms with E-state index in [9.17, 15) is 0 Å². The predicted molar refractivity (Wildman–Crippen MR) is 53.4 cm³/mol. The Kier molecular flexibility index (Phi) is 3.74. The average molecular weight is 241 g/mol. The summed E-state index contributed by atoms with van der Waals surface area (Å²) in [6, 6.07) is 7.42. The van der Waals surface area contributed by atoms with E-state index in [1.54, 1.807) is 12.1 Å². The van der Waals surface area contributed by atoms with Crippen molar-refractivity contribution in [3.05, 3.63) is 28.2 Å². The Balaban J connectivity index is 2.93. The Morgan fingerprint density at radius 3 is 2.92 bits per heavy atom. The standard InChI is InChI=1S/C9H9BrN2O/c10-8-2-1-3-9(7(8)6-12)13-5-4-11/h1-3H,4-5,11H2. The second kappa shape index (κ2) is 4.85. The van der Waals surface area contributed by atoms with E-state index in [4.69, 9.17) is 15.7 Å². The van der Waals surface area contributed by atoms with Gasteiger partial charge in [0.25, 0.3) is 0 Å². The summed E-state index contributed by atoms with van der Waals surface area (Å²) in [6.45, 7) is 0.864. The van der Waals surface area contributed by atoms with Gasteiger partial charge in [0.2, 0.25) is 0 Å². The molecule has 0 aliphatic heterocycles. The molecule has 3 nitrogen and oxygen atoms in total. The van der Waals surface area contributed by atoms with Crippen LogP contribution in [-0.4, -0.2) is 13.2 Å². The maximum atomic E-state index is 8.81. The molecule has 4 heteroatoms. The Morgan fingerprint density at radius 1 is 1.54 bits per heavy atom. The van der Waals surface area contributed by atoms with Crippen LogP contribution >= 0.6 is 15.9 Å². The van der Waals surface area contributed by atoms with E-state index in [-0.39, 0.29) is 0 Å². The summed E-state index contributed by atoms with van der Waals surface area (Å²) in [6.07, 6.45) is 0. The summed E-state index contributed by atoms with van der Waals surface area (Å²) in [4.78, 5) is 0. The molecule has 0 aromatic heterocycles. The normalized spacial score (nSPS) is 9.31. The number of ether oxygens (including phenoxy) is 1. The van der Waals surface area contributed by atoms with Crippen molar-refractivity contribution >= 4 is 15.9 Å². The molecular weight excluding hydrogens is 232 g/mol. The molecule has 0 aliphatic rings. The van der Waals surface area contributed by atoms with Crippen molar-refractivity contribution in [3.8, 4) is 11.8 Å². The average Bonchev–Trinajstić information content (AvgIpc) is 2.15. The van der Waals surface area contributed by atoms with Gasteiger partial charge in [-0.2, -0.15) is 5.26 Å². The van der Waals surface area contributed by atoms with Gasteiger partial charge in [0, 0.05) is 11.0 Å². The first-order valence-corrected chi connectivity index (χ1v) is 4.60. The number of nitriles is 1. The molecule has 0 saturated carbocycles. The first-order valence-electron chi connectivity index (χ1n) is 3.81. The first-order chi connectivity index (χ1) is 6.29. The van der Waals surface area contributed by atoms with Gasteiger partial charge in [0.1, 0.15) is 24.0 Å². The van der Waals surface area contributed by atoms with Gasteiger partial charge in [-0.15, -0.1) is 0 Å². The van der Waals surface area contributed by atoms with Crippen molar-refractivity contribution < 1.29 is 4.74 Å². The van der Waals surface area contributed by atoms with Crippen LogP contribution in [0.5, 0.6) is 5.75 Å². The van der Waals surface area contributed by atoms with Gasteiger partial charge in [-0.3, -0.25) is 0 Å². The summed E-state index contributed by atoms with van der Waals surface area (Å²) < 4.78 is 6.02. The van der Waals surface area contributed by atoms with Crippen LogP contribution in [0.3, 0.4) is 0 Å². The molecule has 0 bridgehead atoms. The third kappa shape index (κ3) is 2.44. The highest BCUT2D eigenvalue weighted by atomic mass is 79.9. The first kappa shape index (κ1) is 10.0. The Bertz CT molecular complexity index is 333. The second-order valence-corrected chi connectivity index (χ2v) is 3.22. The second-order valence-electron chi connectivity index (χ2n) is 2.36. The molecule has 0 saturated heterocycles. The van der Waals surface area contributed by atoms with Crippen molar-refractivity contribution in [2.45, 2.75) is 0 Å². The molecule has 0 atom stereocenters. The molecular formula is C9H9BrN2O. The number of nitrogens with two attached hydrogens (primary N) is 1. The van der Waals surface area contributed by atoms with E-state index in [1.165, 1.54) is 0 Å². The quantitative estimate of drug-likeness (QED) is 0.875. The Labute approximate surface area is 85.2 Å². The predicted octanol–water partition coefficient (Wildman–Crippen LogP) is 1.66. The number of hydrogen-bond donors (Lipinski definition) is 1. The van der Waals surface area contributed by atoms with Crippen LogP contribution in [0.15, 0.2) is 22.7 Å². The number of hydrogen-bond acceptors (Lipinski definition) is 3. The third-order valence-electron chi connectivity index (χ3n) is 1.46. The van der Waals surface area contributed by atoms with Crippen LogP contribution in [0.25, 0.3) is 0 Å². The lowest BCUT2D eigenvalue weighted by Gasteiger charge is -2.06. The highest BCUT2D eigenvalue weighted by Crippen LogP contribution is 2.25. The van der Waals surface area contributed by atoms with E-state index in [0.717, 1.165) is 4.47 Å². The van der Waals surface area contributed by atoms with Crippen molar-refractivity contribution in [1.82, 2.24) is 0 Å². The summed E-state index contributed by atoms with van der Waals surface area (Å²) in [5.74, 6) is 0.572. The fourth-order valence-corrected chi connectivity index (χ4v) is 1.34. The monoisotopic (exact) mass is 240 g/mol. The highest BCUT2D eigenvalue weighted by Gasteiger charge is 2.05. The van der Waals surface area contributed by atoms with Crippen LogP contribution in [0, 0.1) is 11.3 Å². The highest BCUT2D eigenvalue weighted by molar-refractivity contribution is 9.10. The zero-order chi connectivity index (χ0) is 9.68. The van der Waals surface area contributed by atoms with E-state index >= 15 is 0 Å². The van der Waals surface area contributed by atoms with Crippen LogP contribution in [-0.2, 0) is 0 Å². The molecule has 0 heterocycles. The SMILES string of the molecule is N#Cc1c(Br)cccc1OCCN. The summed E-state index contributed by atoms with van der Waals surface area (Å²) >= 11 is 3.27. The van der Waals surface area contributed by atoms with Crippen LogP contribution in [0.4, 0.5) is 0 Å². The lowest BCUT2D eigenvalue weighted by molar-refractivity contribution is 0.327. The van der Waals surface area contributed by atoms with Crippen LogP contribution < -0.4 is 10.5 Å². The maximum absolute atomic E-state index is 8.81. The zero-order valence-corrected chi connectivity index (χ0v) is 8.54. The summed E-state index contributed by atoms with van der Waals surface area (Å²) in [5.41, 5.74) is 5.80. The summed E-state index contributed by atoms with van der Waals surface area (Å²) in [5, 5.41) is 8.81. The molecule has 1 aromatic rings. The van der Waals surface area contributed by atoms with Gasteiger partial charge in [0.05, 0.1) is 0 Å². The van der Waals surface area contributed by atoms with Gasteiger partial charge >= 0.3 is 0 Å². The number of nitrogens with zero attached hydrogens (tertiary/aromatic N) is 1. The molecule has 0 radical (unpaired) electrons. The molecule has 0 unspecified atom stereocenters. The zero-order valence-electron chi connectivity index (χ0n) is 6.96. The van der Waals surface area contributed by atoms with Crippen molar-refractivity contribution in [2.24, 2.45) is 5.73 Å². The molecule has 0 fully saturated rings. The van der Waals surface area contributed by atoms with Crippen molar-refractivity contribution in [1.29, 1.82) is 5.26 Å². The lowest BCUT2D eigenvalue weighted by Crippen LogP contribution is -2.11. The molecule has 2 N–H and O–H groups in total. The van der Waals surface area contributed by atoms with Gasteiger partial charge in [-0.1, -0.05) is 6.07 Å². The minimum atomic E-state index is 0.422. The van der Waals surface area contributed by atoms with Gasteiger partial charge < -0.3 is 10.5 Å². The number of benzene rings is 1. The smallest absolute Gasteiger partial charge is 0.138 e. The Morgan fingerprint density at radius 2 is 2.31 bits per heavy atom. The molecule has 13 heavy (non-hydrogen) atoms. The minimum absolute atomic E-state index is 0.422. The molecule has 1 aromatic carbocycles. The topological polar surface area (TPSA) is 59.0 Å². The molecule has 0 aliphatic carbocycles. The molecule has 0 spiro atoms. The fraction of sp³-hybridized carbons (Fsp3) is 0.222. The van der Waals surface area contributed by atoms with E-state index in [2.05, 4.69) is 22.0 Å². The summed E-state index contributed by atoms with van der Waals surface area (Å²) in [7, 11) is 0.